The Morgan fingerprint density at radius 2 is 2.00 bits per heavy atom. The van der Waals surface area contributed by atoms with E-state index in [1.165, 1.54) is 0 Å². The predicted octanol–water partition coefficient (Wildman–Crippen LogP) is 3.08. The molecule has 0 radical (unpaired) electrons. The van der Waals surface area contributed by atoms with Crippen LogP contribution in [0.4, 0.5) is 0 Å². The van der Waals surface area contributed by atoms with E-state index in [4.69, 9.17) is 0 Å². The Morgan fingerprint density at radius 3 is 2.47 bits per heavy atom. The van der Waals surface area contributed by atoms with Gasteiger partial charge in [0.15, 0.2) is 5.69 Å². The van der Waals surface area contributed by atoms with Gasteiger partial charge in [0.25, 0.3) is 0 Å². The van der Waals surface area contributed by atoms with E-state index in [0.29, 0.717) is 5.69 Å². The summed E-state index contributed by atoms with van der Waals surface area (Å²) in [6.07, 6.45) is 0. The SMILES string of the molecule is CC(C)c1nc2sc(C(C)(C)C)nn2c1C#N. The quantitative estimate of drug-likeness (QED) is 0.779. The lowest BCUT2D eigenvalue weighted by Gasteiger charge is -2.12. The Balaban J connectivity index is 2.67. The van der Waals surface area contributed by atoms with Gasteiger partial charge in [0.1, 0.15) is 11.1 Å². The van der Waals surface area contributed by atoms with Crippen molar-refractivity contribution in [1.29, 1.82) is 5.26 Å². The maximum Gasteiger partial charge on any atom is 0.213 e. The van der Waals surface area contributed by atoms with Gasteiger partial charge in [-0.1, -0.05) is 46.0 Å². The third-order valence-electron chi connectivity index (χ3n) is 2.52. The van der Waals surface area contributed by atoms with Crippen LogP contribution in [-0.2, 0) is 5.41 Å². The molecule has 0 amide bonds. The standard InChI is InChI=1S/C12H16N4S/c1-7(2)9-8(6-13)16-11(14-9)17-10(15-16)12(3,4)5/h7H,1-5H3. The molecule has 0 saturated heterocycles. The van der Waals surface area contributed by atoms with Gasteiger partial charge in [-0.3, -0.25) is 0 Å². The molecule has 0 fully saturated rings. The molecule has 2 rings (SSSR count). The molecule has 5 heteroatoms. The second-order valence-corrected chi connectivity index (χ2v) is 6.42. The first kappa shape index (κ1) is 12.1. The van der Waals surface area contributed by atoms with Crippen LogP contribution in [-0.4, -0.2) is 14.6 Å². The molecular formula is C12H16N4S. The molecule has 2 heterocycles. The van der Waals surface area contributed by atoms with E-state index in [1.807, 2.05) is 13.8 Å². The third kappa shape index (κ3) is 1.93. The summed E-state index contributed by atoms with van der Waals surface area (Å²) in [4.78, 5) is 5.33. The van der Waals surface area contributed by atoms with E-state index in [-0.39, 0.29) is 11.3 Å². The highest BCUT2D eigenvalue weighted by Crippen LogP contribution is 2.29. The summed E-state index contributed by atoms with van der Waals surface area (Å²) in [6, 6.07) is 2.21. The van der Waals surface area contributed by atoms with E-state index in [1.54, 1.807) is 15.9 Å². The summed E-state index contributed by atoms with van der Waals surface area (Å²) in [5.41, 5.74) is 1.41. The van der Waals surface area contributed by atoms with Crippen LogP contribution in [0.25, 0.3) is 4.96 Å². The molecule has 17 heavy (non-hydrogen) atoms. The van der Waals surface area contributed by atoms with Gasteiger partial charge in [0.05, 0.1) is 5.69 Å². The highest BCUT2D eigenvalue weighted by Gasteiger charge is 2.23. The number of nitrogens with zero attached hydrogens (tertiary/aromatic N) is 4. The highest BCUT2D eigenvalue weighted by atomic mass is 32.1. The van der Waals surface area contributed by atoms with Gasteiger partial charge in [-0.15, -0.1) is 0 Å². The molecule has 90 valence electrons. The molecule has 0 aliphatic rings. The van der Waals surface area contributed by atoms with Crippen LogP contribution < -0.4 is 0 Å². The zero-order valence-electron chi connectivity index (χ0n) is 10.8. The zero-order chi connectivity index (χ0) is 12.8. The van der Waals surface area contributed by atoms with Crippen LogP contribution in [0.1, 0.15) is 56.9 Å². The van der Waals surface area contributed by atoms with E-state index in [9.17, 15) is 5.26 Å². The molecule has 0 bridgehead atoms. The molecule has 0 saturated carbocycles. The van der Waals surface area contributed by atoms with Crippen molar-refractivity contribution in [1.82, 2.24) is 14.6 Å². The summed E-state index contributed by atoms with van der Waals surface area (Å²) >= 11 is 1.56. The van der Waals surface area contributed by atoms with Crippen molar-refractivity contribution in [2.24, 2.45) is 0 Å². The molecule has 0 unspecified atom stereocenters. The third-order valence-corrected chi connectivity index (χ3v) is 3.86. The molecule has 2 aromatic heterocycles. The largest absolute Gasteiger partial charge is 0.221 e. The van der Waals surface area contributed by atoms with Crippen molar-refractivity contribution < 1.29 is 0 Å². The van der Waals surface area contributed by atoms with Crippen molar-refractivity contribution in [3.63, 3.8) is 0 Å². The Morgan fingerprint density at radius 1 is 1.35 bits per heavy atom. The Hall–Kier alpha value is -1.41. The van der Waals surface area contributed by atoms with Gasteiger partial charge in [0.2, 0.25) is 4.96 Å². The number of hydrogen-bond donors (Lipinski definition) is 0. The number of hydrogen-bond acceptors (Lipinski definition) is 4. The number of nitriles is 1. The molecule has 0 aliphatic carbocycles. The number of aromatic nitrogens is 3. The van der Waals surface area contributed by atoms with Crippen molar-refractivity contribution >= 4 is 16.3 Å². The Labute approximate surface area is 105 Å². The first-order valence-corrected chi connectivity index (χ1v) is 6.46. The summed E-state index contributed by atoms with van der Waals surface area (Å²) in [6.45, 7) is 10.4. The monoisotopic (exact) mass is 248 g/mol. The van der Waals surface area contributed by atoms with Crippen LogP contribution in [0.5, 0.6) is 0 Å². The fraction of sp³-hybridized carbons (Fsp3) is 0.583. The molecular weight excluding hydrogens is 232 g/mol. The van der Waals surface area contributed by atoms with Crippen LogP contribution >= 0.6 is 11.3 Å². The average Bonchev–Trinajstić information content (AvgIpc) is 2.71. The zero-order valence-corrected chi connectivity index (χ0v) is 11.6. The van der Waals surface area contributed by atoms with E-state index in [0.717, 1.165) is 15.7 Å². The van der Waals surface area contributed by atoms with Crippen molar-refractivity contribution in [3.8, 4) is 6.07 Å². The lowest BCUT2D eigenvalue weighted by atomic mass is 9.98. The normalized spacial score (nSPS) is 12.3. The molecule has 0 aromatic carbocycles. The van der Waals surface area contributed by atoms with Gasteiger partial charge < -0.3 is 0 Å². The van der Waals surface area contributed by atoms with E-state index >= 15 is 0 Å². The lowest BCUT2D eigenvalue weighted by molar-refractivity contribution is 0.573. The van der Waals surface area contributed by atoms with Gasteiger partial charge in [-0.25, -0.2) is 4.98 Å². The van der Waals surface area contributed by atoms with Crippen LogP contribution in [0.2, 0.25) is 0 Å². The summed E-state index contributed by atoms with van der Waals surface area (Å²) < 4.78 is 1.68. The van der Waals surface area contributed by atoms with Crippen molar-refractivity contribution in [3.05, 3.63) is 16.4 Å². The first-order valence-electron chi connectivity index (χ1n) is 5.64. The molecule has 0 N–H and O–H groups in total. The smallest absolute Gasteiger partial charge is 0.213 e. The van der Waals surface area contributed by atoms with Crippen molar-refractivity contribution in [2.45, 2.75) is 46.0 Å². The lowest BCUT2D eigenvalue weighted by Crippen LogP contribution is -2.11. The molecule has 0 spiro atoms. The Bertz CT molecular complexity index is 592. The number of rotatable bonds is 1. The van der Waals surface area contributed by atoms with Crippen LogP contribution in [0.3, 0.4) is 0 Å². The minimum Gasteiger partial charge on any atom is -0.221 e. The predicted molar refractivity (Wildman–Crippen MR) is 68.4 cm³/mol. The molecule has 4 nitrogen and oxygen atoms in total. The summed E-state index contributed by atoms with van der Waals surface area (Å²) in [5, 5.41) is 14.7. The van der Waals surface area contributed by atoms with Crippen molar-refractivity contribution in [2.75, 3.05) is 0 Å². The van der Waals surface area contributed by atoms with Gasteiger partial charge in [-0.2, -0.15) is 14.9 Å². The van der Waals surface area contributed by atoms with Gasteiger partial charge in [0, 0.05) is 5.41 Å². The van der Waals surface area contributed by atoms with Crippen LogP contribution in [0.15, 0.2) is 0 Å². The fourth-order valence-corrected chi connectivity index (χ4v) is 2.54. The average molecular weight is 248 g/mol. The number of fused-ring (bicyclic) bond motifs is 1. The topological polar surface area (TPSA) is 54.0 Å². The summed E-state index contributed by atoms with van der Waals surface area (Å²) in [5.74, 6) is 0.247. The molecule has 2 aromatic rings. The maximum absolute atomic E-state index is 9.22. The Kier molecular flexibility index (Phi) is 2.70. The summed E-state index contributed by atoms with van der Waals surface area (Å²) in [7, 11) is 0. The fourth-order valence-electron chi connectivity index (χ4n) is 1.57. The van der Waals surface area contributed by atoms with E-state index in [2.05, 4.69) is 36.9 Å². The minimum atomic E-state index is -0.00388. The molecule has 0 aliphatic heterocycles. The van der Waals surface area contributed by atoms with Crippen LogP contribution in [0, 0.1) is 11.3 Å². The van der Waals surface area contributed by atoms with E-state index < -0.39 is 0 Å². The second kappa shape index (κ2) is 3.81. The maximum atomic E-state index is 9.22. The first-order chi connectivity index (χ1) is 7.84. The van der Waals surface area contributed by atoms with Gasteiger partial charge >= 0.3 is 0 Å². The molecule has 0 atom stereocenters. The van der Waals surface area contributed by atoms with Gasteiger partial charge in [-0.05, 0) is 5.92 Å². The number of imidazole rings is 1. The minimum absolute atomic E-state index is 0.00388. The second-order valence-electron chi connectivity index (χ2n) is 5.46. The highest BCUT2D eigenvalue weighted by molar-refractivity contribution is 7.16.